The van der Waals surface area contributed by atoms with Crippen LogP contribution in [0.1, 0.15) is 43.2 Å². The Kier molecular flexibility index (Phi) is 7.12. The maximum absolute atomic E-state index is 2.63. The standard InChI is InChI=1S/C52H43N/c1-4-13-37(14-5-1)39-23-26-44(27-24-39)53(49-28-25-41(38-15-6-2-7-16-38)34-47(49)40-17-8-3-9-18-40)50-22-12-20-46-45-19-10-11-21-48(45)52(51(46)50)42-30-35-29-36(32-42)33-43(52)31-35/h1-28,34-36,42-43H,29-33H2. The minimum absolute atomic E-state index is 0.0368. The molecular formula is C52H43N. The lowest BCUT2D eigenvalue weighted by atomic mass is 9.43. The Labute approximate surface area is 313 Å². The molecule has 4 bridgehead atoms. The Hall–Kier alpha value is -5.66. The van der Waals surface area contributed by atoms with Gasteiger partial charge in [0, 0.05) is 16.7 Å². The van der Waals surface area contributed by atoms with E-state index in [0.29, 0.717) is 11.8 Å². The van der Waals surface area contributed by atoms with E-state index in [1.54, 1.807) is 11.1 Å². The third-order valence-electron chi connectivity index (χ3n) is 13.4. The molecule has 4 fully saturated rings. The minimum atomic E-state index is 0.0368. The number of hydrogen-bond acceptors (Lipinski definition) is 1. The SMILES string of the molecule is c1ccc(-c2ccc(N(c3ccc(-c4ccccc4)cc3-c3ccccc3)c3cccc4c3C3(c5ccccc5-4)C4CC5CC(C4)CC3C5)cc2)cc1. The van der Waals surface area contributed by atoms with Crippen LogP contribution in [0.3, 0.4) is 0 Å². The number of nitrogens with zero attached hydrogens (tertiary/aromatic N) is 1. The molecule has 0 saturated heterocycles. The molecule has 1 spiro atoms. The maximum Gasteiger partial charge on any atom is 0.0540 e. The van der Waals surface area contributed by atoms with E-state index in [9.17, 15) is 0 Å². The van der Waals surface area contributed by atoms with Crippen LogP contribution in [0.15, 0.2) is 176 Å². The highest BCUT2D eigenvalue weighted by atomic mass is 15.1. The molecule has 0 aromatic heterocycles. The van der Waals surface area contributed by atoms with Gasteiger partial charge in [-0.15, -0.1) is 0 Å². The average molecular weight is 682 g/mol. The summed E-state index contributed by atoms with van der Waals surface area (Å²) in [7, 11) is 0. The zero-order valence-electron chi connectivity index (χ0n) is 30.0. The van der Waals surface area contributed by atoms with Crippen molar-refractivity contribution in [3.8, 4) is 44.5 Å². The molecule has 0 aliphatic heterocycles. The van der Waals surface area contributed by atoms with Gasteiger partial charge in [-0.3, -0.25) is 0 Å². The van der Waals surface area contributed by atoms with E-state index < -0.39 is 0 Å². The summed E-state index contributed by atoms with van der Waals surface area (Å²) in [4.78, 5) is 2.63. The molecule has 53 heavy (non-hydrogen) atoms. The number of anilines is 3. The highest BCUT2D eigenvalue weighted by Crippen LogP contribution is 2.71. The molecule has 7 aromatic rings. The summed E-state index contributed by atoms with van der Waals surface area (Å²) in [5, 5.41) is 0. The molecule has 0 radical (unpaired) electrons. The van der Waals surface area contributed by atoms with E-state index in [2.05, 4.69) is 181 Å². The van der Waals surface area contributed by atoms with E-state index in [1.807, 2.05) is 0 Å². The number of fused-ring (bicyclic) bond motifs is 3. The summed E-state index contributed by atoms with van der Waals surface area (Å²) in [6.07, 6.45) is 6.90. The molecule has 5 aliphatic carbocycles. The Balaban J connectivity index is 1.18. The Morgan fingerprint density at radius 3 is 1.57 bits per heavy atom. The van der Waals surface area contributed by atoms with Crippen LogP contribution in [0, 0.1) is 23.7 Å². The van der Waals surface area contributed by atoms with Crippen molar-refractivity contribution in [2.45, 2.75) is 37.5 Å². The highest BCUT2D eigenvalue weighted by molar-refractivity contribution is 5.96. The third kappa shape index (κ3) is 4.76. The van der Waals surface area contributed by atoms with Crippen LogP contribution < -0.4 is 4.90 Å². The second-order valence-corrected chi connectivity index (χ2v) is 16.1. The summed E-state index contributed by atoms with van der Waals surface area (Å²) in [6.45, 7) is 0. The Bertz CT molecular complexity index is 2420. The Morgan fingerprint density at radius 2 is 0.906 bits per heavy atom. The monoisotopic (exact) mass is 681 g/mol. The van der Waals surface area contributed by atoms with Crippen LogP contribution in [0.2, 0.25) is 0 Å². The van der Waals surface area contributed by atoms with Gasteiger partial charge >= 0.3 is 0 Å². The summed E-state index contributed by atoms with van der Waals surface area (Å²) >= 11 is 0. The number of benzene rings is 7. The molecule has 0 amide bonds. The van der Waals surface area contributed by atoms with Gasteiger partial charge in [-0.25, -0.2) is 0 Å². The first kappa shape index (κ1) is 30.9. The lowest BCUT2D eigenvalue weighted by molar-refractivity contribution is -0.0397. The van der Waals surface area contributed by atoms with Crippen LogP contribution in [0.4, 0.5) is 17.1 Å². The fourth-order valence-corrected chi connectivity index (χ4v) is 11.6. The van der Waals surface area contributed by atoms with Gasteiger partial charge in [0.2, 0.25) is 0 Å². The van der Waals surface area contributed by atoms with Gasteiger partial charge in [-0.2, -0.15) is 0 Å². The van der Waals surface area contributed by atoms with Crippen LogP contribution in [0.5, 0.6) is 0 Å². The van der Waals surface area contributed by atoms with Crippen molar-refractivity contribution in [3.05, 3.63) is 187 Å². The summed E-state index contributed by atoms with van der Waals surface area (Å²) in [5.74, 6) is 3.14. The first-order valence-corrected chi connectivity index (χ1v) is 19.7. The lowest BCUT2D eigenvalue weighted by Gasteiger charge is -2.61. The third-order valence-corrected chi connectivity index (χ3v) is 13.4. The van der Waals surface area contributed by atoms with Gasteiger partial charge in [0.25, 0.3) is 0 Å². The normalized spacial score (nSPS) is 23.2. The van der Waals surface area contributed by atoms with Crippen molar-refractivity contribution in [2.24, 2.45) is 23.7 Å². The second-order valence-electron chi connectivity index (χ2n) is 16.1. The molecule has 0 heterocycles. The van der Waals surface area contributed by atoms with E-state index >= 15 is 0 Å². The summed E-state index contributed by atoms with van der Waals surface area (Å²) in [6, 6.07) is 65.8. The van der Waals surface area contributed by atoms with Crippen molar-refractivity contribution in [2.75, 3.05) is 4.90 Å². The smallest absolute Gasteiger partial charge is 0.0540 e. The van der Waals surface area contributed by atoms with Crippen LogP contribution in [-0.4, -0.2) is 0 Å². The molecule has 0 atom stereocenters. The van der Waals surface area contributed by atoms with Gasteiger partial charge < -0.3 is 4.90 Å². The predicted octanol–water partition coefficient (Wildman–Crippen LogP) is 13.9. The molecule has 256 valence electrons. The topological polar surface area (TPSA) is 3.24 Å². The van der Waals surface area contributed by atoms with Gasteiger partial charge in [0.15, 0.2) is 0 Å². The summed E-state index contributed by atoms with van der Waals surface area (Å²) in [5.41, 5.74) is 17.3. The molecule has 1 nitrogen and oxygen atoms in total. The molecular weight excluding hydrogens is 639 g/mol. The molecule has 7 aromatic carbocycles. The van der Waals surface area contributed by atoms with Crippen molar-refractivity contribution in [3.63, 3.8) is 0 Å². The zero-order chi connectivity index (χ0) is 34.9. The van der Waals surface area contributed by atoms with Gasteiger partial charge in [-0.1, -0.05) is 146 Å². The van der Waals surface area contributed by atoms with Crippen LogP contribution >= 0.6 is 0 Å². The van der Waals surface area contributed by atoms with Crippen molar-refractivity contribution in [1.29, 1.82) is 0 Å². The van der Waals surface area contributed by atoms with E-state index in [1.165, 1.54) is 93.7 Å². The van der Waals surface area contributed by atoms with Crippen molar-refractivity contribution < 1.29 is 0 Å². The predicted molar refractivity (Wildman–Crippen MR) is 221 cm³/mol. The molecule has 4 saturated carbocycles. The van der Waals surface area contributed by atoms with Crippen LogP contribution in [0.25, 0.3) is 44.5 Å². The largest absolute Gasteiger partial charge is 0.310 e. The first-order valence-electron chi connectivity index (χ1n) is 19.7. The molecule has 1 heteroatoms. The van der Waals surface area contributed by atoms with Crippen molar-refractivity contribution >= 4 is 17.1 Å². The van der Waals surface area contributed by atoms with Gasteiger partial charge in [0.05, 0.1) is 11.4 Å². The van der Waals surface area contributed by atoms with Crippen molar-refractivity contribution in [1.82, 2.24) is 0 Å². The molecule has 12 rings (SSSR count). The first-order chi connectivity index (χ1) is 26.3. The van der Waals surface area contributed by atoms with Crippen LogP contribution in [-0.2, 0) is 5.41 Å². The highest BCUT2D eigenvalue weighted by Gasteiger charge is 2.62. The second kappa shape index (κ2) is 12.2. The molecule has 0 unspecified atom stereocenters. The lowest BCUT2D eigenvalue weighted by Crippen LogP contribution is -2.55. The number of rotatable bonds is 6. The maximum atomic E-state index is 2.63. The molecule has 5 aliphatic rings. The zero-order valence-corrected chi connectivity index (χ0v) is 30.0. The fraction of sp³-hybridized carbons (Fsp3) is 0.192. The average Bonchev–Trinajstić information content (AvgIpc) is 3.52. The van der Waals surface area contributed by atoms with E-state index in [-0.39, 0.29) is 5.41 Å². The van der Waals surface area contributed by atoms with E-state index in [4.69, 9.17) is 0 Å². The Morgan fingerprint density at radius 1 is 0.377 bits per heavy atom. The quantitative estimate of drug-likeness (QED) is 0.169. The summed E-state index contributed by atoms with van der Waals surface area (Å²) < 4.78 is 0. The molecule has 0 N–H and O–H groups in total. The fourth-order valence-electron chi connectivity index (χ4n) is 11.6. The number of hydrogen-bond donors (Lipinski definition) is 0. The van der Waals surface area contributed by atoms with E-state index in [0.717, 1.165) is 11.8 Å². The van der Waals surface area contributed by atoms with Gasteiger partial charge in [0.1, 0.15) is 0 Å². The van der Waals surface area contributed by atoms with Gasteiger partial charge in [-0.05, 0) is 136 Å². The minimum Gasteiger partial charge on any atom is -0.310 e.